The Bertz CT molecular complexity index is 1030. The molecule has 2 fully saturated rings. The second-order valence-electron chi connectivity index (χ2n) is 7.00. The summed E-state index contributed by atoms with van der Waals surface area (Å²) in [4.78, 5) is 40.5. The van der Waals surface area contributed by atoms with Crippen molar-refractivity contribution in [3.05, 3.63) is 41.6 Å². The van der Waals surface area contributed by atoms with Crippen molar-refractivity contribution in [2.75, 3.05) is 20.1 Å². The molecule has 2 aliphatic rings. The quantitative estimate of drug-likeness (QED) is 0.485. The minimum absolute atomic E-state index is 0.0184. The Hall–Kier alpha value is -3.00. The smallest absolute Gasteiger partial charge is 0.265 e. The van der Waals surface area contributed by atoms with Crippen LogP contribution in [0.1, 0.15) is 18.4 Å². The highest BCUT2D eigenvalue weighted by Crippen LogP contribution is 2.25. The Morgan fingerprint density at radius 2 is 1.93 bits per heavy atom. The number of rotatable bonds is 3. The summed E-state index contributed by atoms with van der Waals surface area (Å²) in [5.41, 5.74) is 1.61. The molecule has 7 nitrogen and oxygen atoms in total. The van der Waals surface area contributed by atoms with Crippen LogP contribution in [0.15, 0.2) is 36.0 Å². The van der Waals surface area contributed by atoms with E-state index in [2.05, 4.69) is 5.32 Å². The molecule has 144 valence electrons. The van der Waals surface area contributed by atoms with E-state index in [1.165, 1.54) is 11.9 Å². The summed E-state index contributed by atoms with van der Waals surface area (Å²) in [5, 5.41) is 3.48. The van der Waals surface area contributed by atoms with Gasteiger partial charge in [0, 0.05) is 42.8 Å². The average Bonchev–Trinajstić information content (AvgIpc) is 3.33. The van der Waals surface area contributed by atoms with Crippen molar-refractivity contribution in [3.8, 4) is 0 Å². The Kier molecular flexibility index (Phi) is 4.72. The monoisotopic (exact) mass is 396 g/mol. The van der Waals surface area contributed by atoms with E-state index in [-0.39, 0.29) is 23.1 Å². The van der Waals surface area contributed by atoms with Crippen LogP contribution >= 0.6 is 12.2 Å². The molecule has 8 heteroatoms. The fourth-order valence-corrected chi connectivity index (χ4v) is 3.81. The van der Waals surface area contributed by atoms with Crippen molar-refractivity contribution < 1.29 is 14.4 Å². The minimum Gasteiger partial charge on any atom is -0.341 e. The fraction of sp³-hybridized carbons (Fsp3) is 0.300. The molecule has 3 heterocycles. The van der Waals surface area contributed by atoms with Gasteiger partial charge in [0.05, 0.1) is 0 Å². The zero-order valence-electron chi connectivity index (χ0n) is 15.5. The van der Waals surface area contributed by atoms with E-state index >= 15 is 0 Å². The normalized spacial score (nSPS) is 19.0. The second kappa shape index (κ2) is 7.20. The third kappa shape index (κ3) is 3.20. The Morgan fingerprint density at radius 3 is 2.68 bits per heavy atom. The van der Waals surface area contributed by atoms with Crippen LogP contribution < -0.4 is 5.32 Å². The van der Waals surface area contributed by atoms with Gasteiger partial charge < -0.3 is 9.47 Å². The van der Waals surface area contributed by atoms with Crippen molar-refractivity contribution in [1.82, 2.24) is 19.7 Å². The topological polar surface area (TPSA) is 74.7 Å². The van der Waals surface area contributed by atoms with Gasteiger partial charge in [0.2, 0.25) is 5.91 Å². The van der Waals surface area contributed by atoms with Crippen molar-refractivity contribution in [3.63, 3.8) is 0 Å². The number of carbonyl (C=O) groups is 3. The first-order chi connectivity index (χ1) is 13.5. The van der Waals surface area contributed by atoms with Gasteiger partial charge >= 0.3 is 0 Å². The number of nitrogens with one attached hydrogen (secondary N) is 1. The number of carbonyl (C=O) groups excluding carboxylic acids is 3. The molecule has 2 saturated heterocycles. The number of benzene rings is 1. The minimum atomic E-state index is -0.516. The molecule has 0 atom stereocenters. The number of amides is 3. The highest BCUT2D eigenvalue weighted by atomic mass is 32.1. The van der Waals surface area contributed by atoms with Gasteiger partial charge in [0.1, 0.15) is 12.1 Å². The fourth-order valence-electron chi connectivity index (χ4n) is 3.63. The Morgan fingerprint density at radius 1 is 1.21 bits per heavy atom. The molecular formula is C20H20N4O3S. The summed E-state index contributed by atoms with van der Waals surface area (Å²) < 4.78 is 1.88. The number of hydrogen-bond acceptors (Lipinski definition) is 4. The molecule has 1 N–H and O–H groups in total. The van der Waals surface area contributed by atoms with Crippen molar-refractivity contribution >= 4 is 52.0 Å². The summed E-state index contributed by atoms with van der Waals surface area (Å²) in [6, 6.07) is 7.64. The molecule has 2 aliphatic heterocycles. The molecule has 4 rings (SSSR count). The molecule has 0 saturated carbocycles. The van der Waals surface area contributed by atoms with Crippen LogP contribution in [0.2, 0.25) is 0 Å². The van der Waals surface area contributed by atoms with Gasteiger partial charge in [-0.2, -0.15) is 0 Å². The van der Waals surface area contributed by atoms with Crippen LogP contribution in [-0.4, -0.2) is 57.3 Å². The standard InChI is InChI=1S/C20H20N4O3S/c1-22-19(27)15(18(26)21-20(22)28)10-13-11-24(16-7-3-2-6-14(13)16)12-17(25)23-8-4-5-9-23/h2-3,6-7,10-11H,4-5,8-9,12H2,1H3,(H,21,26,28)/b15-10-. The van der Waals surface area contributed by atoms with Crippen LogP contribution in [0.3, 0.4) is 0 Å². The summed E-state index contributed by atoms with van der Waals surface area (Å²) in [6.45, 7) is 1.83. The van der Waals surface area contributed by atoms with Gasteiger partial charge in [-0.15, -0.1) is 0 Å². The third-order valence-corrected chi connectivity index (χ3v) is 5.56. The maximum Gasteiger partial charge on any atom is 0.265 e. The molecule has 1 aromatic heterocycles. The zero-order chi connectivity index (χ0) is 19.8. The SMILES string of the molecule is CN1C(=O)/C(=C\c2cn(CC(=O)N3CCCC3)c3ccccc23)C(=O)NC1=S. The largest absolute Gasteiger partial charge is 0.341 e. The van der Waals surface area contributed by atoms with E-state index < -0.39 is 11.8 Å². The first kappa shape index (κ1) is 18.4. The molecule has 2 aromatic rings. The zero-order valence-corrected chi connectivity index (χ0v) is 16.3. The molecule has 0 spiro atoms. The van der Waals surface area contributed by atoms with Gasteiger partial charge in [-0.3, -0.25) is 24.6 Å². The second-order valence-corrected chi connectivity index (χ2v) is 7.39. The lowest BCUT2D eigenvalue weighted by Crippen LogP contribution is -2.52. The van der Waals surface area contributed by atoms with Gasteiger partial charge in [0.15, 0.2) is 5.11 Å². The predicted octanol–water partition coefficient (Wildman–Crippen LogP) is 1.52. The molecule has 1 aromatic carbocycles. The maximum atomic E-state index is 12.6. The average molecular weight is 396 g/mol. The van der Waals surface area contributed by atoms with Crippen LogP contribution in [0.5, 0.6) is 0 Å². The number of thiocarbonyl (C=S) groups is 1. The van der Waals surface area contributed by atoms with Crippen molar-refractivity contribution in [1.29, 1.82) is 0 Å². The Balaban J connectivity index is 1.72. The van der Waals surface area contributed by atoms with Gasteiger partial charge in [-0.25, -0.2) is 0 Å². The Labute approximate surface area is 167 Å². The number of nitrogens with zero attached hydrogens (tertiary/aromatic N) is 3. The maximum absolute atomic E-state index is 12.6. The first-order valence-corrected chi connectivity index (χ1v) is 9.57. The van der Waals surface area contributed by atoms with Crippen LogP contribution in [0.4, 0.5) is 0 Å². The number of aromatic nitrogens is 1. The molecule has 0 radical (unpaired) electrons. The van der Waals surface area contributed by atoms with E-state index in [1.54, 1.807) is 6.08 Å². The van der Waals surface area contributed by atoms with Gasteiger partial charge in [-0.05, 0) is 37.2 Å². The molecule has 3 amide bonds. The first-order valence-electron chi connectivity index (χ1n) is 9.16. The summed E-state index contributed by atoms with van der Waals surface area (Å²) >= 11 is 4.98. The number of likely N-dealkylation sites (N-methyl/N-ethyl adjacent to an activating group) is 1. The van der Waals surface area contributed by atoms with E-state index in [0.717, 1.165) is 36.8 Å². The van der Waals surface area contributed by atoms with E-state index in [1.807, 2.05) is 39.9 Å². The van der Waals surface area contributed by atoms with Crippen molar-refractivity contribution in [2.45, 2.75) is 19.4 Å². The highest BCUT2D eigenvalue weighted by Gasteiger charge is 2.31. The highest BCUT2D eigenvalue weighted by molar-refractivity contribution is 7.80. The number of fused-ring (bicyclic) bond motifs is 1. The summed E-state index contributed by atoms with van der Waals surface area (Å²) in [7, 11) is 1.52. The molecule has 0 unspecified atom stereocenters. The van der Waals surface area contributed by atoms with Crippen molar-refractivity contribution in [2.24, 2.45) is 0 Å². The number of likely N-dealkylation sites (tertiary alicyclic amines) is 1. The van der Waals surface area contributed by atoms with Gasteiger partial charge in [-0.1, -0.05) is 18.2 Å². The summed E-state index contributed by atoms with van der Waals surface area (Å²) in [6.07, 6.45) is 5.47. The lowest BCUT2D eigenvalue weighted by atomic mass is 10.1. The predicted molar refractivity (Wildman–Crippen MR) is 109 cm³/mol. The van der Waals surface area contributed by atoms with E-state index in [9.17, 15) is 14.4 Å². The lowest BCUT2D eigenvalue weighted by Gasteiger charge is -2.24. The van der Waals surface area contributed by atoms with E-state index in [0.29, 0.717) is 5.56 Å². The molecule has 28 heavy (non-hydrogen) atoms. The molecule has 0 bridgehead atoms. The summed E-state index contributed by atoms with van der Waals surface area (Å²) in [5.74, 6) is -0.883. The third-order valence-electron chi connectivity index (χ3n) is 5.19. The molecule has 0 aliphatic carbocycles. The van der Waals surface area contributed by atoms with E-state index in [4.69, 9.17) is 12.2 Å². The van der Waals surface area contributed by atoms with Crippen LogP contribution in [0.25, 0.3) is 17.0 Å². The molecular weight excluding hydrogens is 376 g/mol. The number of para-hydroxylation sites is 1. The number of hydrogen-bond donors (Lipinski definition) is 1. The van der Waals surface area contributed by atoms with Crippen LogP contribution in [0, 0.1) is 0 Å². The van der Waals surface area contributed by atoms with Crippen LogP contribution in [-0.2, 0) is 20.9 Å². The lowest BCUT2D eigenvalue weighted by molar-refractivity contribution is -0.131. The van der Waals surface area contributed by atoms with Gasteiger partial charge in [0.25, 0.3) is 11.8 Å².